The highest BCUT2D eigenvalue weighted by Crippen LogP contribution is 2.34. The number of carbonyl (C=O) groups is 1. The molecule has 0 bridgehead atoms. The van der Waals surface area contributed by atoms with Crippen LogP contribution in [-0.4, -0.2) is 30.7 Å². The van der Waals surface area contributed by atoms with Gasteiger partial charge in [0.25, 0.3) is 0 Å². The molecule has 5 nitrogen and oxygen atoms in total. The van der Waals surface area contributed by atoms with Crippen LogP contribution in [0.15, 0.2) is 29.2 Å². The Bertz CT molecular complexity index is 827. The zero-order chi connectivity index (χ0) is 16.7. The van der Waals surface area contributed by atoms with Crippen molar-refractivity contribution in [2.45, 2.75) is 11.1 Å². The summed E-state index contributed by atoms with van der Waals surface area (Å²) in [5.74, 6) is 0. The Morgan fingerprint density at radius 2 is 1.77 bits per heavy atom. The number of benzene rings is 1. The molecule has 118 valence electrons. The quantitative estimate of drug-likeness (QED) is 0.796. The van der Waals surface area contributed by atoms with Crippen molar-refractivity contribution in [2.75, 3.05) is 6.26 Å². The Morgan fingerprint density at radius 1 is 1.23 bits per heavy atom. The number of carbonyl (C=O) groups excluding carboxylic acids is 1. The third kappa shape index (κ3) is 3.00. The van der Waals surface area contributed by atoms with E-state index in [9.17, 15) is 26.4 Å². The number of aromatic nitrogens is 2. The van der Waals surface area contributed by atoms with E-state index in [2.05, 4.69) is 5.10 Å². The van der Waals surface area contributed by atoms with Crippen molar-refractivity contribution < 1.29 is 26.4 Å². The monoisotopic (exact) mass is 352 g/mol. The van der Waals surface area contributed by atoms with Crippen LogP contribution in [0.1, 0.15) is 16.1 Å². The van der Waals surface area contributed by atoms with Gasteiger partial charge in [0.2, 0.25) is 0 Å². The van der Waals surface area contributed by atoms with Gasteiger partial charge in [-0.25, -0.2) is 13.1 Å². The van der Waals surface area contributed by atoms with E-state index in [1.807, 2.05) is 0 Å². The van der Waals surface area contributed by atoms with Gasteiger partial charge in [-0.15, -0.1) is 0 Å². The molecule has 0 spiro atoms. The average Bonchev–Trinajstić information content (AvgIpc) is 2.74. The van der Waals surface area contributed by atoms with Crippen LogP contribution in [0.3, 0.4) is 0 Å². The summed E-state index contributed by atoms with van der Waals surface area (Å²) in [5, 5.41) is 2.79. The lowest BCUT2D eigenvalue weighted by Gasteiger charge is -2.05. The summed E-state index contributed by atoms with van der Waals surface area (Å²) in [6.07, 6.45) is -3.87. The number of aldehydes is 1. The van der Waals surface area contributed by atoms with Gasteiger partial charge in [0.15, 0.2) is 21.8 Å². The van der Waals surface area contributed by atoms with Gasteiger partial charge >= 0.3 is 6.18 Å². The Labute approximate surface area is 128 Å². The number of nitrogens with zero attached hydrogens (tertiary/aromatic N) is 2. The van der Waals surface area contributed by atoms with Gasteiger partial charge in [-0.05, 0) is 24.3 Å². The fourth-order valence-electron chi connectivity index (χ4n) is 1.73. The fourth-order valence-corrected chi connectivity index (χ4v) is 2.63. The van der Waals surface area contributed by atoms with Crippen LogP contribution in [0, 0.1) is 0 Å². The summed E-state index contributed by atoms with van der Waals surface area (Å²) in [6.45, 7) is 0. The summed E-state index contributed by atoms with van der Waals surface area (Å²) >= 11 is 5.75. The van der Waals surface area contributed by atoms with E-state index in [1.54, 1.807) is 0 Å². The Morgan fingerprint density at radius 3 is 2.14 bits per heavy atom. The minimum Gasteiger partial charge on any atom is -0.298 e. The van der Waals surface area contributed by atoms with Crippen molar-refractivity contribution in [3.8, 4) is 5.69 Å². The summed E-state index contributed by atoms with van der Waals surface area (Å²) in [7, 11) is -3.44. The fraction of sp³-hybridized carbons (Fsp3) is 0.167. The summed E-state index contributed by atoms with van der Waals surface area (Å²) < 4.78 is 61.8. The standard InChI is InChI=1S/C12H8ClF3N2O3S/c1-22(20,21)8-4-2-7(3-5-8)18-11(13)9(6-19)10(17-18)12(14,15)16/h2-6H,1H3. The van der Waals surface area contributed by atoms with Gasteiger partial charge < -0.3 is 0 Å². The van der Waals surface area contributed by atoms with E-state index < -0.39 is 32.4 Å². The molecular weight excluding hydrogens is 345 g/mol. The Kier molecular flexibility index (Phi) is 4.05. The molecule has 0 N–H and O–H groups in total. The first kappa shape index (κ1) is 16.5. The van der Waals surface area contributed by atoms with E-state index in [0.717, 1.165) is 10.9 Å². The third-order valence-electron chi connectivity index (χ3n) is 2.76. The molecule has 0 aliphatic carbocycles. The van der Waals surface area contributed by atoms with Gasteiger partial charge in [-0.1, -0.05) is 11.6 Å². The van der Waals surface area contributed by atoms with E-state index in [1.165, 1.54) is 24.3 Å². The van der Waals surface area contributed by atoms with Crippen LogP contribution in [0.2, 0.25) is 5.15 Å². The van der Waals surface area contributed by atoms with Crippen LogP contribution in [0.5, 0.6) is 0 Å². The van der Waals surface area contributed by atoms with E-state index in [0.29, 0.717) is 0 Å². The van der Waals surface area contributed by atoms with Crippen molar-refractivity contribution in [3.05, 3.63) is 40.7 Å². The molecular formula is C12H8ClF3N2O3S. The van der Waals surface area contributed by atoms with Crippen LogP contribution in [0.4, 0.5) is 13.2 Å². The molecule has 0 aliphatic heterocycles. The summed E-state index contributed by atoms with van der Waals surface area (Å²) in [6, 6.07) is 4.89. The summed E-state index contributed by atoms with van der Waals surface area (Å²) in [5.41, 5.74) is -2.09. The minimum absolute atomic E-state index is 0.00816. The largest absolute Gasteiger partial charge is 0.435 e. The minimum atomic E-state index is -4.84. The molecule has 2 aromatic rings. The molecule has 1 aromatic heterocycles. The predicted molar refractivity (Wildman–Crippen MR) is 72.1 cm³/mol. The maximum atomic E-state index is 12.8. The predicted octanol–water partition coefficient (Wildman–Crippen LogP) is 2.76. The number of rotatable bonds is 3. The number of sulfone groups is 1. The topological polar surface area (TPSA) is 69.0 Å². The smallest absolute Gasteiger partial charge is 0.298 e. The van der Waals surface area contributed by atoms with Gasteiger partial charge in [-0.3, -0.25) is 4.79 Å². The lowest BCUT2D eigenvalue weighted by Crippen LogP contribution is -2.09. The Hall–Kier alpha value is -1.87. The van der Waals surface area contributed by atoms with Gasteiger partial charge in [0, 0.05) is 6.26 Å². The zero-order valence-corrected chi connectivity index (χ0v) is 12.5. The molecule has 0 saturated carbocycles. The molecule has 1 heterocycles. The highest BCUT2D eigenvalue weighted by Gasteiger charge is 2.39. The first-order valence-electron chi connectivity index (χ1n) is 5.67. The van der Waals surface area contributed by atoms with Crippen molar-refractivity contribution in [3.63, 3.8) is 0 Å². The molecule has 22 heavy (non-hydrogen) atoms. The average molecular weight is 353 g/mol. The lowest BCUT2D eigenvalue weighted by molar-refractivity contribution is -0.141. The first-order chi connectivity index (χ1) is 10.1. The second-order valence-corrected chi connectivity index (χ2v) is 6.72. The van der Waals surface area contributed by atoms with Gasteiger partial charge in [0.05, 0.1) is 16.1 Å². The second kappa shape index (κ2) is 5.40. The zero-order valence-electron chi connectivity index (χ0n) is 10.9. The third-order valence-corrected chi connectivity index (χ3v) is 4.25. The number of halogens is 4. The van der Waals surface area contributed by atoms with Crippen LogP contribution >= 0.6 is 11.6 Å². The van der Waals surface area contributed by atoms with Crippen LogP contribution < -0.4 is 0 Å². The van der Waals surface area contributed by atoms with E-state index in [-0.39, 0.29) is 16.9 Å². The van der Waals surface area contributed by atoms with Crippen molar-refractivity contribution in [1.82, 2.24) is 9.78 Å². The molecule has 0 saturated heterocycles. The van der Waals surface area contributed by atoms with Crippen LogP contribution in [-0.2, 0) is 16.0 Å². The van der Waals surface area contributed by atoms with E-state index >= 15 is 0 Å². The van der Waals surface area contributed by atoms with Crippen molar-refractivity contribution in [1.29, 1.82) is 0 Å². The highest BCUT2D eigenvalue weighted by molar-refractivity contribution is 7.90. The van der Waals surface area contributed by atoms with Gasteiger partial charge in [-0.2, -0.15) is 18.3 Å². The van der Waals surface area contributed by atoms with Gasteiger partial charge in [0.1, 0.15) is 5.15 Å². The lowest BCUT2D eigenvalue weighted by atomic mass is 10.2. The van der Waals surface area contributed by atoms with Crippen molar-refractivity contribution >= 4 is 27.7 Å². The molecule has 2 rings (SSSR count). The SMILES string of the molecule is CS(=O)(=O)c1ccc(-n2nc(C(F)(F)F)c(C=O)c2Cl)cc1. The number of hydrogen-bond acceptors (Lipinski definition) is 4. The van der Waals surface area contributed by atoms with Crippen LogP contribution in [0.25, 0.3) is 5.69 Å². The maximum absolute atomic E-state index is 12.8. The molecule has 1 aromatic carbocycles. The summed E-state index contributed by atoms with van der Waals surface area (Å²) in [4.78, 5) is 10.8. The van der Waals surface area contributed by atoms with Crippen molar-refractivity contribution in [2.24, 2.45) is 0 Å². The molecule has 10 heteroatoms. The molecule has 0 radical (unpaired) electrons. The second-order valence-electron chi connectivity index (χ2n) is 4.35. The maximum Gasteiger partial charge on any atom is 0.435 e. The van der Waals surface area contributed by atoms with E-state index in [4.69, 9.17) is 11.6 Å². The Balaban J connectivity index is 2.59. The molecule has 0 amide bonds. The number of hydrogen-bond donors (Lipinski definition) is 0. The normalized spacial score (nSPS) is 12.4. The molecule has 0 unspecified atom stereocenters. The molecule has 0 aliphatic rings. The molecule has 0 fully saturated rings. The number of alkyl halides is 3. The molecule has 0 atom stereocenters. The first-order valence-corrected chi connectivity index (χ1v) is 7.94. The highest BCUT2D eigenvalue weighted by atomic mass is 35.5.